The Morgan fingerprint density at radius 3 is 2.88 bits per heavy atom. The quantitative estimate of drug-likeness (QED) is 0.850. The molecule has 1 aliphatic rings. The van der Waals surface area contributed by atoms with Crippen molar-refractivity contribution in [1.29, 1.82) is 0 Å². The zero-order valence-electron chi connectivity index (χ0n) is 10.7. The minimum absolute atomic E-state index is 0.170. The summed E-state index contributed by atoms with van der Waals surface area (Å²) in [6.45, 7) is 5.97. The van der Waals surface area contributed by atoms with E-state index in [0.717, 1.165) is 43.9 Å². The maximum Gasteiger partial charge on any atom is 0.125 e. The van der Waals surface area contributed by atoms with E-state index >= 15 is 0 Å². The van der Waals surface area contributed by atoms with Crippen molar-refractivity contribution in [2.45, 2.75) is 39.2 Å². The summed E-state index contributed by atoms with van der Waals surface area (Å²) in [5.41, 5.74) is 1.29. The van der Waals surface area contributed by atoms with Crippen molar-refractivity contribution in [1.82, 2.24) is 5.32 Å². The summed E-state index contributed by atoms with van der Waals surface area (Å²) in [5.74, 6) is 1.95. The molecule has 0 saturated heterocycles. The Kier molecular flexibility index (Phi) is 4.26. The van der Waals surface area contributed by atoms with Crippen LogP contribution in [0.3, 0.4) is 0 Å². The second kappa shape index (κ2) is 5.92. The van der Waals surface area contributed by atoms with E-state index in [4.69, 9.17) is 9.15 Å². The Bertz CT molecular complexity index is 381. The third kappa shape index (κ3) is 3.13. The van der Waals surface area contributed by atoms with Crippen LogP contribution in [0.4, 0.5) is 0 Å². The predicted molar refractivity (Wildman–Crippen MR) is 67.7 cm³/mol. The highest BCUT2D eigenvalue weighted by Gasteiger charge is 2.21. The van der Waals surface area contributed by atoms with E-state index < -0.39 is 0 Å². The van der Waals surface area contributed by atoms with Gasteiger partial charge in [-0.15, -0.1) is 0 Å². The summed E-state index contributed by atoms with van der Waals surface area (Å²) >= 11 is 0. The zero-order valence-corrected chi connectivity index (χ0v) is 10.7. The first-order valence-corrected chi connectivity index (χ1v) is 6.41. The lowest BCUT2D eigenvalue weighted by molar-refractivity contribution is 0.217. The number of furan rings is 1. The fourth-order valence-corrected chi connectivity index (χ4v) is 2.11. The van der Waals surface area contributed by atoms with Gasteiger partial charge in [0, 0.05) is 0 Å². The topological polar surface area (TPSA) is 34.4 Å². The lowest BCUT2D eigenvalue weighted by Gasteiger charge is -2.22. The normalized spacial score (nSPS) is 17.4. The van der Waals surface area contributed by atoms with Gasteiger partial charge in [0.2, 0.25) is 0 Å². The van der Waals surface area contributed by atoms with Crippen molar-refractivity contribution in [2.75, 3.05) is 13.2 Å². The first-order chi connectivity index (χ1) is 8.31. The largest absolute Gasteiger partial charge is 0.501 e. The smallest absolute Gasteiger partial charge is 0.125 e. The molecule has 0 aromatic carbocycles. The molecule has 2 heterocycles. The molecule has 0 saturated carbocycles. The second-order valence-electron chi connectivity index (χ2n) is 4.50. The van der Waals surface area contributed by atoms with E-state index in [0.29, 0.717) is 0 Å². The van der Waals surface area contributed by atoms with Gasteiger partial charge in [0.1, 0.15) is 11.5 Å². The molecule has 1 aromatic rings. The first-order valence-electron chi connectivity index (χ1n) is 6.41. The van der Waals surface area contributed by atoms with Crippen LogP contribution in [0.1, 0.15) is 43.7 Å². The Balaban J connectivity index is 2.15. The van der Waals surface area contributed by atoms with E-state index in [2.05, 4.69) is 18.3 Å². The molecule has 3 heteroatoms. The van der Waals surface area contributed by atoms with Gasteiger partial charge in [0.25, 0.3) is 0 Å². The maximum absolute atomic E-state index is 5.74. The monoisotopic (exact) mass is 235 g/mol. The Morgan fingerprint density at radius 2 is 2.29 bits per heavy atom. The zero-order chi connectivity index (χ0) is 12.1. The fourth-order valence-electron chi connectivity index (χ4n) is 2.11. The lowest BCUT2D eigenvalue weighted by atomic mass is 10.00. The molecule has 3 nitrogen and oxygen atoms in total. The number of aryl methyl sites for hydroxylation is 1. The van der Waals surface area contributed by atoms with Crippen molar-refractivity contribution in [3.05, 3.63) is 35.5 Å². The van der Waals surface area contributed by atoms with Crippen LogP contribution >= 0.6 is 0 Å². The molecule has 0 radical (unpaired) electrons. The van der Waals surface area contributed by atoms with Crippen molar-refractivity contribution in [3.8, 4) is 0 Å². The van der Waals surface area contributed by atoms with Crippen molar-refractivity contribution in [3.63, 3.8) is 0 Å². The predicted octanol–water partition coefficient (Wildman–Crippen LogP) is 3.32. The molecule has 1 aliphatic heterocycles. The van der Waals surface area contributed by atoms with Gasteiger partial charge in [-0.2, -0.15) is 0 Å². The van der Waals surface area contributed by atoms with Crippen LogP contribution in [0.5, 0.6) is 0 Å². The minimum Gasteiger partial charge on any atom is -0.501 e. The summed E-state index contributed by atoms with van der Waals surface area (Å²) in [4.78, 5) is 0. The maximum atomic E-state index is 5.74. The summed E-state index contributed by atoms with van der Waals surface area (Å²) in [6, 6.07) is 4.24. The number of rotatable bonds is 5. The fraction of sp³-hybridized carbons (Fsp3) is 0.571. The van der Waals surface area contributed by atoms with Crippen LogP contribution in [-0.2, 0) is 4.74 Å². The Hall–Kier alpha value is -1.22. The summed E-state index contributed by atoms with van der Waals surface area (Å²) in [5, 5.41) is 3.53. The summed E-state index contributed by atoms with van der Waals surface area (Å²) in [7, 11) is 0. The first kappa shape index (κ1) is 12.2. The molecular formula is C14H21NO2. The SMILES string of the molecule is CCCNC(C1=COCCC1)c1ccc(C)o1. The number of ether oxygens (including phenoxy) is 1. The molecular weight excluding hydrogens is 214 g/mol. The van der Waals surface area contributed by atoms with Crippen LogP contribution in [0.25, 0.3) is 0 Å². The Labute approximate surface area is 103 Å². The molecule has 0 amide bonds. The molecule has 1 unspecified atom stereocenters. The van der Waals surface area contributed by atoms with Gasteiger partial charge in [0.15, 0.2) is 0 Å². The molecule has 0 aliphatic carbocycles. The van der Waals surface area contributed by atoms with Crippen molar-refractivity contribution < 1.29 is 9.15 Å². The van der Waals surface area contributed by atoms with Crippen LogP contribution < -0.4 is 5.32 Å². The lowest BCUT2D eigenvalue weighted by Crippen LogP contribution is -2.25. The van der Waals surface area contributed by atoms with Gasteiger partial charge in [-0.1, -0.05) is 6.92 Å². The minimum atomic E-state index is 0.170. The van der Waals surface area contributed by atoms with Gasteiger partial charge in [0.05, 0.1) is 18.9 Å². The van der Waals surface area contributed by atoms with Gasteiger partial charge < -0.3 is 14.5 Å². The van der Waals surface area contributed by atoms with Crippen molar-refractivity contribution in [2.24, 2.45) is 0 Å². The van der Waals surface area contributed by atoms with E-state index in [1.807, 2.05) is 19.3 Å². The third-order valence-electron chi connectivity index (χ3n) is 2.98. The Morgan fingerprint density at radius 1 is 1.41 bits per heavy atom. The van der Waals surface area contributed by atoms with Crippen LogP contribution in [0.15, 0.2) is 28.4 Å². The molecule has 1 N–H and O–H groups in total. The molecule has 1 aromatic heterocycles. The molecule has 94 valence electrons. The molecule has 0 fully saturated rings. The van der Waals surface area contributed by atoms with Gasteiger partial charge >= 0.3 is 0 Å². The standard InChI is InChI=1S/C14H21NO2/c1-3-8-15-14(12-5-4-9-16-10-12)13-7-6-11(2)17-13/h6-7,10,14-15H,3-5,8-9H2,1-2H3. The van der Waals surface area contributed by atoms with Crippen LogP contribution in [-0.4, -0.2) is 13.2 Å². The summed E-state index contributed by atoms with van der Waals surface area (Å²) < 4.78 is 11.2. The highest BCUT2D eigenvalue weighted by atomic mass is 16.5. The van der Waals surface area contributed by atoms with Gasteiger partial charge in [-0.05, 0) is 50.4 Å². The number of hydrogen-bond donors (Lipinski definition) is 1. The highest BCUT2D eigenvalue weighted by molar-refractivity contribution is 5.22. The van der Waals surface area contributed by atoms with E-state index in [-0.39, 0.29) is 6.04 Å². The third-order valence-corrected chi connectivity index (χ3v) is 2.98. The molecule has 0 spiro atoms. The highest BCUT2D eigenvalue weighted by Crippen LogP contribution is 2.28. The number of nitrogens with one attached hydrogen (secondary N) is 1. The van der Waals surface area contributed by atoms with E-state index in [9.17, 15) is 0 Å². The molecule has 2 rings (SSSR count). The van der Waals surface area contributed by atoms with Crippen molar-refractivity contribution >= 4 is 0 Å². The molecule has 1 atom stereocenters. The van der Waals surface area contributed by atoms with E-state index in [1.165, 1.54) is 5.57 Å². The second-order valence-corrected chi connectivity index (χ2v) is 4.50. The van der Waals surface area contributed by atoms with Crippen LogP contribution in [0.2, 0.25) is 0 Å². The average molecular weight is 235 g/mol. The molecule has 0 bridgehead atoms. The average Bonchev–Trinajstić information content (AvgIpc) is 2.78. The van der Waals surface area contributed by atoms with E-state index in [1.54, 1.807) is 0 Å². The van der Waals surface area contributed by atoms with Gasteiger partial charge in [-0.25, -0.2) is 0 Å². The number of hydrogen-bond acceptors (Lipinski definition) is 3. The molecule has 17 heavy (non-hydrogen) atoms. The summed E-state index contributed by atoms with van der Waals surface area (Å²) in [6.07, 6.45) is 5.19. The van der Waals surface area contributed by atoms with Gasteiger partial charge in [-0.3, -0.25) is 0 Å². The van der Waals surface area contributed by atoms with Crippen LogP contribution in [0, 0.1) is 6.92 Å².